The summed E-state index contributed by atoms with van der Waals surface area (Å²) in [6.45, 7) is 0. The van der Waals surface area contributed by atoms with Crippen LogP contribution in [0.15, 0.2) is 34.1 Å². The number of nitrogens with one attached hydrogen (secondary N) is 2. The van der Waals surface area contributed by atoms with Gasteiger partial charge in [0, 0.05) is 12.4 Å². The van der Waals surface area contributed by atoms with Gasteiger partial charge in [-0.1, -0.05) is 0 Å². The fourth-order valence-corrected chi connectivity index (χ4v) is 1.11. The summed E-state index contributed by atoms with van der Waals surface area (Å²) in [6.07, 6.45) is 2.83. The molecule has 0 saturated heterocycles. The van der Waals surface area contributed by atoms with E-state index in [1.54, 1.807) is 0 Å². The van der Waals surface area contributed by atoms with Gasteiger partial charge in [0.05, 0.1) is 11.1 Å². The summed E-state index contributed by atoms with van der Waals surface area (Å²) >= 11 is 0. The van der Waals surface area contributed by atoms with Gasteiger partial charge in [-0.05, 0) is 12.1 Å². The number of aromatic nitrogens is 4. The molecule has 2 heterocycles. The van der Waals surface area contributed by atoms with Gasteiger partial charge in [-0.15, -0.1) is 0 Å². The van der Waals surface area contributed by atoms with Crippen LogP contribution < -0.4 is 11.1 Å². The van der Waals surface area contributed by atoms with E-state index < -0.39 is 11.1 Å². The molecule has 0 saturated carbocycles. The smallest absolute Gasteiger partial charge is 0.267 e. The molecule has 70 valence electrons. The highest BCUT2D eigenvalue weighted by Crippen LogP contribution is 2.05. The van der Waals surface area contributed by atoms with Gasteiger partial charge in [0.2, 0.25) is 0 Å². The number of nitrogens with zero attached hydrogens (tertiary/aromatic N) is 2. The maximum Gasteiger partial charge on any atom is 0.272 e. The molecule has 0 aliphatic carbocycles. The lowest BCUT2D eigenvalue weighted by Crippen LogP contribution is -2.17. The summed E-state index contributed by atoms with van der Waals surface area (Å²) in [6, 6.07) is 2.95. The Balaban J connectivity index is 2.74. The van der Waals surface area contributed by atoms with Crippen molar-refractivity contribution in [3.63, 3.8) is 0 Å². The molecular formula is C8H6N4O2. The molecule has 0 radical (unpaired) electrons. The molecule has 0 spiro atoms. The lowest BCUT2D eigenvalue weighted by molar-refractivity contribution is 0.972. The van der Waals surface area contributed by atoms with Gasteiger partial charge in [-0.3, -0.25) is 9.59 Å². The van der Waals surface area contributed by atoms with Gasteiger partial charge in [-0.2, -0.15) is 10.2 Å². The predicted molar refractivity (Wildman–Crippen MR) is 48.7 cm³/mol. The quantitative estimate of drug-likeness (QED) is 0.635. The van der Waals surface area contributed by atoms with E-state index in [0.29, 0.717) is 0 Å². The molecule has 0 atom stereocenters. The van der Waals surface area contributed by atoms with E-state index in [-0.39, 0.29) is 11.1 Å². The Morgan fingerprint density at radius 2 is 1.29 bits per heavy atom. The molecule has 2 aromatic rings. The number of aromatic amines is 2. The number of hydrogen-bond acceptors (Lipinski definition) is 4. The molecule has 0 bridgehead atoms. The SMILES string of the molecule is O=c1[nH]nccc1-c1ccn[nH]c1=O. The van der Waals surface area contributed by atoms with Crippen molar-refractivity contribution in [1.82, 2.24) is 20.4 Å². The van der Waals surface area contributed by atoms with Crippen LogP contribution in [0.4, 0.5) is 0 Å². The molecular weight excluding hydrogens is 184 g/mol. The van der Waals surface area contributed by atoms with Crippen LogP contribution >= 0.6 is 0 Å². The summed E-state index contributed by atoms with van der Waals surface area (Å²) in [7, 11) is 0. The standard InChI is InChI=1S/C8H6N4O2/c13-7-5(1-3-9-11-7)6-2-4-10-12-8(6)14/h1-4H,(H,11,13)(H,12,14). The Kier molecular flexibility index (Phi) is 1.94. The van der Waals surface area contributed by atoms with Crippen LogP contribution in [0.25, 0.3) is 11.1 Å². The van der Waals surface area contributed by atoms with Crippen LogP contribution in [-0.4, -0.2) is 20.4 Å². The second-order valence-corrected chi connectivity index (χ2v) is 2.60. The first kappa shape index (κ1) is 8.36. The fraction of sp³-hybridized carbons (Fsp3) is 0. The van der Waals surface area contributed by atoms with Crippen LogP contribution in [0, 0.1) is 0 Å². The van der Waals surface area contributed by atoms with E-state index >= 15 is 0 Å². The third kappa shape index (κ3) is 1.33. The molecule has 2 N–H and O–H groups in total. The molecule has 0 amide bonds. The normalized spacial score (nSPS) is 10.0. The van der Waals surface area contributed by atoms with Crippen molar-refractivity contribution in [3.05, 3.63) is 45.2 Å². The van der Waals surface area contributed by atoms with Crippen LogP contribution in [0.2, 0.25) is 0 Å². The Labute approximate surface area is 77.6 Å². The molecule has 0 aliphatic rings. The van der Waals surface area contributed by atoms with Crippen molar-refractivity contribution in [2.75, 3.05) is 0 Å². The lowest BCUT2D eigenvalue weighted by Gasteiger charge is -1.95. The highest BCUT2D eigenvalue weighted by molar-refractivity contribution is 5.59. The minimum atomic E-state index is -0.399. The average Bonchev–Trinajstić information content (AvgIpc) is 2.20. The summed E-state index contributed by atoms with van der Waals surface area (Å²) in [5.74, 6) is 0. The highest BCUT2D eigenvalue weighted by atomic mass is 16.1. The third-order valence-electron chi connectivity index (χ3n) is 1.74. The minimum Gasteiger partial charge on any atom is -0.267 e. The Hall–Kier alpha value is -2.24. The zero-order valence-corrected chi connectivity index (χ0v) is 7.02. The molecule has 14 heavy (non-hydrogen) atoms. The zero-order valence-electron chi connectivity index (χ0n) is 7.02. The van der Waals surface area contributed by atoms with Crippen LogP contribution in [-0.2, 0) is 0 Å². The molecule has 2 aromatic heterocycles. The lowest BCUT2D eigenvalue weighted by atomic mass is 10.1. The maximum atomic E-state index is 11.3. The Morgan fingerprint density at radius 3 is 1.64 bits per heavy atom. The summed E-state index contributed by atoms with van der Waals surface area (Å²) in [5, 5.41) is 11.6. The van der Waals surface area contributed by atoms with Crippen molar-refractivity contribution in [2.45, 2.75) is 0 Å². The first-order valence-electron chi connectivity index (χ1n) is 3.87. The van der Waals surface area contributed by atoms with Gasteiger partial charge in [-0.25, -0.2) is 10.2 Å². The summed E-state index contributed by atoms with van der Waals surface area (Å²) in [5.41, 5.74) is -0.235. The van der Waals surface area contributed by atoms with Gasteiger partial charge in [0.25, 0.3) is 11.1 Å². The topological polar surface area (TPSA) is 91.5 Å². The molecule has 0 fully saturated rings. The molecule has 0 aromatic carbocycles. The van der Waals surface area contributed by atoms with Gasteiger partial charge < -0.3 is 0 Å². The van der Waals surface area contributed by atoms with Crippen molar-refractivity contribution in [2.24, 2.45) is 0 Å². The number of H-pyrrole nitrogens is 2. The molecule has 6 nitrogen and oxygen atoms in total. The number of hydrogen-bond donors (Lipinski definition) is 2. The molecule has 6 heteroatoms. The summed E-state index contributed by atoms with van der Waals surface area (Å²) < 4.78 is 0. The van der Waals surface area contributed by atoms with E-state index in [1.807, 2.05) is 0 Å². The minimum absolute atomic E-state index is 0.281. The summed E-state index contributed by atoms with van der Waals surface area (Å²) in [4.78, 5) is 22.6. The zero-order chi connectivity index (χ0) is 9.97. The van der Waals surface area contributed by atoms with E-state index in [1.165, 1.54) is 24.5 Å². The van der Waals surface area contributed by atoms with Crippen LogP contribution in [0.5, 0.6) is 0 Å². The van der Waals surface area contributed by atoms with Crippen molar-refractivity contribution in [3.8, 4) is 11.1 Å². The van der Waals surface area contributed by atoms with Gasteiger partial charge in [0.15, 0.2) is 0 Å². The second kappa shape index (κ2) is 3.25. The largest absolute Gasteiger partial charge is 0.272 e. The Bertz CT molecular complexity index is 506. The van der Waals surface area contributed by atoms with Crippen LogP contribution in [0.1, 0.15) is 0 Å². The monoisotopic (exact) mass is 190 g/mol. The van der Waals surface area contributed by atoms with Crippen molar-refractivity contribution < 1.29 is 0 Å². The first-order chi connectivity index (χ1) is 6.79. The van der Waals surface area contributed by atoms with Gasteiger partial charge >= 0.3 is 0 Å². The van der Waals surface area contributed by atoms with Gasteiger partial charge in [0.1, 0.15) is 0 Å². The highest BCUT2D eigenvalue weighted by Gasteiger charge is 2.05. The van der Waals surface area contributed by atoms with E-state index in [0.717, 1.165) is 0 Å². The maximum absolute atomic E-state index is 11.3. The van der Waals surface area contributed by atoms with E-state index in [9.17, 15) is 9.59 Å². The third-order valence-corrected chi connectivity index (χ3v) is 1.74. The molecule has 0 unspecified atom stereocenters. The van der Waals surface area contributed by atoms with E-state index in [2.05, 4.69) is 20.4 Å². The fourth-order valence-electron chi connectivity index (χ4n) is 1.11. The molecule has 2 rings (SSSR count). The Morgan fingerprint density at radius 1 is 0.857 bits per heavy atom. The second-order valence-electron chi connectivity index (χ2n) is 2.60. The average molecular weight is 190 g/mol. The van der Waals surface area contributed by atoms with E-state index in [4.69, 9.17) is 0 Å². The van der Waals surface area contributed by atoms with Crippen LogP contribution in [0.3, 0.4) is 0 Å². The number of rotatable bonds is 1. The van der Waals surface area contributed by atoms with Crippen molar-refractivity contribution >= 4 is 0 Å². The predicted octanol–water partition coefficient (Wildman–Crippen LogP) is -0.480. The van der Waals surface area contributed by atoms with Crippen molar-refractivity contribution in [1.29, 1.82) is 0 Å². The molecule has 0 aliphatic heterocycles. The first-order valence-corrected chi connectivity index (χ1v) is 3.87.